The second-order valence-electron chi connectivity index (χ2n) is 20.0. The quantitative estimate of drug-likeness (QED) is 0.0867. The molecule has 1 aromatic carbocycles. The number of anilines is 2. The van der Waals surface area contributed by atoms with Gasteiger partial charge in [-0.3, -0.25) is 9.52 Å². The zero-order valence-electron chi connectivity index (χ0n) is 40.2. The third kappa shape index (κ3) is 9.12. The van der Waals surface area contributed by atoms with E-state index in [2.05, 4.69) is 88.2 Å². The minimum Gasteiger partial charge on any atom is -0.506 e. The van der Waals surface area contributed by atoms with Crippen LogP contribution in [0, 0.1) is 5.41 Å². The molecule has 1 aromatic rings. The molecule has 1 saturated heterocycles. The fraction of sp³-hybridized carbons (Fsp3) is 0.680. The first-order valence-corrected chi connectivity index (χ1v) is 26.9. The highest BCUT2D eigenvalue weighted by Crippen LogP contribution is 2.58. The standard InChI is InChI=1S/C50H78N4O6S2/c1-13-17-19-21-23-25-29-61(57,58)51-39-33-41-37(47(5,6)49(9,27-15-3)53(41)11)31-35(39)43-45(55)44(46(43)56)36-32-38-42(54(12)50(10,28-16-4)48(38,7)8)34-40(36)52-62(59,60)30-26-24-22-20-18-14-2/h31-34,51,55H,13-30H2,1-12H3/b44-36-,52-40+. The Morgan fingerprint density at radius 3 is 1.74 bits per heavy atom. The number of allylic oxidation sites excluding steroid dienone is 6. The summed E-state index contributed by atoms with van der Waals surface area (Å²) in [6.45, 7) is 21.8. The molecular weight excluding hydrogens is 817 g/mol. The number of carbonyl (C=O) groups excluding carboxylic acids is 1. The van der Waals surface area contributed by atoms with Gasteiger partial charge in [-0.15, -0.1) is 0 Å². The van der Waals surface area contributed by atoms with Crippen molar-refractivity contribution < 1.29 is 26.7 Å². The molecule has 0 spiro atoms. The smallest absolute Gasteiger partial charge is 0.253 e. The molecule has 1 fully saturated rings. The topological polar surface area (TPSA) is 136 Å². The normalized spacial score (nSPS) is 25.0. The molecule has 2 unspecified atom stereocenters. The maximum Gasteiger partial charge on any atom is 0.253 e. The van der Waals surface area contributed by atoms with Gasteiger partial charge in [0.05, 0.1) is 34.1 Å². The second kappa shape index (κ2) is 19.0. The van der Waals surface area contributed by atoms with E-state index in [1.54, 1.807) is 6.08 Å². The third-order valence-corrected chi connectivity index (χ3v) is 18.1. The van der Waals surface area contributed by atoms with E-state index in [0.29, 0.717) is 18.4 Å². The van der Waals surface area contributed by atoms with Gasteiger partial charge < -0.3 is 14.9 Å². The number of nitrogens with zero attached hydrogens (tertiary/aromatic N) is 3. The van der Waals surface area contributed by atoms with Crippen LogP contribution in [0.4, 0.5) is 11.4 Å². The number of unbranched alkanes of at least 4 members (excludes halogenated alkanes) is 10. The summed E-state index contributed by atoms with van der Waals surface area (Å²) in [7, 11) is -3.71. The zero-order chi connectivity index (χ0) is 46.1. The molecule has 2 atom stereocenters. The van der Waals surface area contributed by atoms with Crippen molar-refractivity contribution >= 4 is 48.5 Å². The summed E-state index contributed by atoms with van der Waals surface area (Å²) < 4.78 is 62.4. The van der Waals surface area contributed by atoms with Crippen molar-refractivity contribution in [3.63, 3.8) is 0 Å². The van der Waals surface area contributed by atoms with Crippen LogP contribution in [0.25, 0.3) is 5.57 Å². The van der Waals surface area contributed by atoms with Crippen LogP contribution in [0.3, 0.4) is 0 Å². The van der Waals surface area contributed by atoms with Crippen LogP contribution in [-0.4, -0.2) is 75.0 Å². The van der Waals surface area contributed by atoms with Gasteiger partial charge in [-0.2, -0.15) is 4.40 Å². The van der Waals surface area contributed by atoms with Crippen LogP contribution in [0.5, 0.6) is 0 Å². The molecule has 2 N–H and O–H groups in total. The summed E-state index contributed by atoms with van der Waals surface area (Å²) in [5, 5.41) is 12.2. The van der Waals surface area contributed by atoms with E-state index in [-0.39, 0.29) is 56.5 Å². The van der Waals surface area contributed by atoms with Gasteiger partial charge >= 0.3 is 0 Å². The number of likely N-dealkylation sites (N-methyl/N-ethyl adjacent to an activating group) is 2. The number of hydrogen-bond acceptors (Lipinski definition) is 8. The van der Waals surface area contributed by atoms with E-state index in [4.69, 9.17) is 0 Å². The maximum absolute atomic E-state index is 14.9. The average molecular weight is 895 g/mol. The molecule has 0 aromatic heterocycles. The van der Waals surface area contributed by atoms with Crippen molar-refractivity contribution in [2.75, 3.05) is 35.2 Å². The highest BCUT2D eigenvalue weighted by molar-refractivity contribution is 7.92. The lowest BCUT2D eigenvalue weighted by molar-refractivity contribution is -0.111. The summed E-state index contributed by atoms with van der Waals surface area (Å²) in [6.07, 6.45) is 18.4. The molecule has 10 nitrogen and oxygen atoms in total. The minimum absolute atomic E-state index is 0.00699. The number of ketones is 1. The number of nitrogens with one attached hydrogen (secondary N) is 1. The van der Waals surface area contributed by atoms with E-state index in [9.17, 15) is 26.7 Å². The molecular formula is C50H78N4O6S2. The van der Waals surface area contributed by atoms with Gasteiger partial charge in [-0.05, 0) is 75.0 Å². The summed E-state index contributed by atoms with van der Waals surface area (Å²) in [4.78, 5) is 19.3. The Bertz CT molecular complexity index is 2260. The minimum atomic E-state index is -3.95. The lowest BCUT2D eigenvalue weighted by Crippen LogP contribution is -2.51. The van der Waals surface area contributed by atoms with Crippen molar-refractivity contribution in [2.45, 2.75) is 188 Å². The largest absolute Gasteiger partial charge is 0.506 e. The fourth-order valence-electron chi connectivity index (χ4n) is 10.6. The first kappa shape index (κ1) is 49.6. The number of Topliss-reactive ketones (excluding diaryl/α,β-unsaturated/α-hetero) is 1. The zero-order valence-corrected chi connectivity index (χ0v) is 41.8. The van der Waals surface area contributed by atoms with Gasteiger partial charge in [0.2, 0.25) is 15.8 Å². The maximum atomic E-state index is 14.9. The molecule has 5 rings (SSSR count). The number of likely N-dealkylation sites (tertiary alicyclic amines) is 1. The van der Waals surface area contributed by atoms with E-state index in [1.807, 2.05) is 32.3 Å². The fourth-order valence-corrected chi connectivity index (χ4v) is 12.9. The van der Waals surface area contributed by atoms with Crippen molar-refractivity contribution in [1.29, 1.82) is 0 Å². The number of aliphatic hydroxyl groups is 1. The Hall–Kier alpha value is -3.38. The van der Waals surface area contributed by atoms with Crippen molar-refractivity contribution in [2.24, 2.45) is 9.81 Å². The molecule has 346 valence electrons. The summed E-state index contributed by atoms with van der Waals surface area (Å²) >= 11 is 0. The first-order chi connectivity index (χ1) is 29.0. The van der Waals surface area contributed by atoms with Crippen LogP contribution in [0.2, 0.25) is 0 Å². The monoisotopic (exact) mass is 895 g/mol. The number of fused-ring (bicyclic) bond motifs is 2. The predicted octanol–water partition coefficient (Wildman–Crippen LogP) is 11.7. The summed E-state index contributed by atoms with van der Waals surface area (Å²) in [5.41, 5.74) is 3.16. The Morgan fingerprint density at radius 2 is 1.19 bits per heavy atom. The van der Waals surface area contributed by atoms with Gasteiger partial charge in [0.1, 0.15) is 5.76 Å². The molecule has 0 radical (unpaired) electrons. The van der Waals surface area contributed by atoms with Crippen molar-refractivity contribution in [3.8, 4) is 0 Å². The van der Waals surface area contributed by atoms with Gasteiger partial charge in [0.15, 0.2) is 0 Å². The predicted molar refractivity (Wildman–Crippen MR) is 259 cm³/mol. The number of sulfonamides is 2. The Morgan fingerprint density at radius 1 is 0.661 bits per heavy atom. The van der Waals surface area contributed by atoms with Crippen LogP contribution in [0.15, 0.2) is 56.9 Å². The van der Waals surface area contributed by atoms with E-state index >= 15 is 0 Å². The molecule has 4 aliphatic rings. The molecule has 0 saturated carbocycles. The second-order valence-corrected chi connectivity index (χ2v) is 23.6. The molecule has 2 aliphatic heterocycles. The van der Waals surface area contributed by atoms with Crippen molar-refractivity contribution in [1.82, 2.24) is 4.90 Å². The van der Waals surface area contributed by atoms with Gasteiger partial charge in [0, 0.05) is 58.5 Å². The molecule has 12 heteroatoms. The van der Waals surface area contributed by atoms with Crippen LogP contribution in [-0.2, 0) is 30.3 Å². The average Bonchev–Trinajstić information content (AvgIpc) is 3.42. The molecule has 2 heterocycles. The molecule has 0 bridgehead atoms. The molecule has 62 heavy (non-hydrogen) atoms. The van der Waals surface area contributed by atoms with Gasteiger partial charge in [-0.25, -0.2) is 16.8 Å². The van der Waals surface area contributed by atoms with Crippen molar-refractivity contribution in [3.05, 3.63) is 63.6 Å². The number of hydrogen-bond donors (Lipinski definition) is 2. The van der Waals surface area contributed by atoms with Crippen LogP contribution < -0.4 is 9.62 Å². The number of aliphatic hydroxyl groups excluding tert-OH is 1. The Labute approximate surface area is 375 Å². The third-order valence-electron chi connectivity index (χ3n) is 15.5. The highest BCUT2D eigenvalue weighted by Gasteiger charge is 2.56. The molecule has 0 amide bonds. The lowest BCUT2D eigenvalue weighted by Gasteiger charge is -2.44. The summed E-state index contributed by atoms with van der Waals surface area (Å²) in [5.74, 6) is -0.948. The molecule has 2 aliphatic carbocycles. The van der Waals surface area contributed by atoms with E-state index in [0.717, 1.165) is 112 Å². The van der Waals surface area contributed by atoms with Crippen LogP contribution >= 0.6 is 0 Å². The van der Waals surface area contributed by atoms with E-state index < -0.39 is 36.7 Å². The first-order valence-electron chi connectivity index (χ1n) is 23.7. The Balaban J connectivity index is 1.68. The van der Waals surface area contributed by atoms with Crippen LogP contribution in [0.1, 0.15) is 183 Å². The number of rotatable bonds is 22. The lowest BCUT2D eigenvalue weighted by atomic mass is 9.67. The Kier molecular flexibility index (Phi) is 15.2. The highest BCUT2D eigenvalue weighted by atomic mass is 32.2. The summed E-state index contributed by atoms with van der Waals surface area (Å²) in [6, 6.07) is 3.72. The van der Waals surface area contributed by atoms with Gasteiger partial charge in [0.25, 0.3) is 10.0 Å². The SMILES string of the molecule is CCCCCCCCS(=O)(=O)/N=C1\C=C2C(=C\C1=C1\C(=O)C(c3cc4c(cc3NS(=O)(=O)CCCCCCCC)N(C)C(C)(CCC)C4(C)C)=C1O)C(C)(C)C(C)(CCC)N2C. The number of carbonyl (C=O) groups is 1. The number of benzene rings is 1. The van der Waals surface area contributed by atoms with Gasteiger partial charge in [-0.1, -0.05) is 132 Å². The van der Waals surface area contributed by atoms with E-state index in [1.165, 1.54) is 0 Å².